The fraction of sp³-hybridized carbons (Fsp3) is 0.588. The number of benzene rings is 1. The summed E-state index contributed by atoms with van der Waals surface area (Å²) in [6.07, 6.45) is 5.08. The first-order chi connectivity index (χ1) is 9.72. The Bertz CT molecular complexity index is 470. The van der Waals surface area contributed by atoms with Crippen LogP contribution in [-0.2, 0) is 0 Å². The van der Waals surface area contributed by atoms with Gasteiger partial charge in [0.15, 0.2) is 0 Å². The van der Waals surface area contributed by atoms with Gasteiger partial charge in [0, 0.05) is 13.1 Å². The molecule has 0 aliphatic carbocycles. The fourth-order valence-corrected chi connectivity index (χ4v) is 2.66. The maximum absolute atomic E-state index is 8.93. The van der Waals surface area contributed by atoms with Crippen molar-refractivity contribution in [3.8, 4) is 11.8 Å². The van der Waals surface area contributed by atoms with E-state index in [4.69, 9.17) is 10.00 Å². The van der Waals surface area contributed by atoms with Crippen LogP contribution in [0.25, 0.3) is 0 Å². The van der Waals surface area contributed by atoms with E-state index in [9.17, 15) is 0 Å². The molecule has 0 spiro atoms. The molecule has 3 heteroatoms. The molecule has 0 saturated carbocycles. The van der Waals surface area contributed by atoms with Crippen molar-refractivity contribution in [2.45, 2.75) is 45.6 Å². The summed E-state index contributed by atoms with van der Waals surface area (Å²) in [7, 11) is 0. The lowest BCUT2D eigenvalue weighted by atomic mass is 10.1. The van der Waals surface area contributed by atoms with Crippen LogP contribution in [0, 0.1) is 18.3 Å². The lowest BCUT2D eigenvalue weighted by molar-refractivity contribution is 0.0998. The van der Waals surface area contributed by atoms with Gasteiger partial charge in [0.1, 0.15) is 11.9 Å². The Kier molecular flexibility index (Phi) is 5.43. The van der Waals surface area contributed by atoms with E-state index in [0.717, 1.165) is 42.8 Å². The maximum Gasteiger partial charge on any atom is 0.120 e. The molecule has 0 unspecified atom stereocenters. The van der Waals surface area contributed by atoms with Crippen molar-refractivity contribution in [3.05, 3.63) is 29.3 Å². The van der Waals surface area contributed by atoms with Crippen LogP contribution >= 0.6 is 0 Å². The van der Waals surface area contributed by atoms with E-state index in [1.807, 2.05) is 25.1 Å². The molecule has 0 radical (unpaired) electrons. The van der Waals surface area contributed by atoms with E-state index < -0.39 is 0 Å². The Balaban J connectivity index is 1.83. The van der Waals surface area contributed by atoms with Gasteiger partial charge in [-0.3, -0.25) is 0 Å². The number of ether oxygens (including phenoxy) is 1. The average molecular weight is 272 g/mol. The van der Waals surface area contributed by atoms with Crippen molar-refractivity contribution < 1.29 is 4.74 Å². The number of likely N-dealkylation sites (tertiary alicyclic amines) is 1. The van der Waals surface area contributed by atoms with Crippen LogP contribution in [-0.4, -0.2) is 30.6 Å². The van der Waals surface area contributed by atoms with Gasteiger partial charge in [0.2, 0.25) is 0 Å². The number of nitrogens with zero attached hydrogens (tertiary/aromatic N) is 2. The standard InChI is InChI=1S/C17H24N2O/c1-3-4-9-19-10-7-16(8-11-19)20-17-6-5-15(13-18)14(2)12-17/h5-6,12,16H,3-4,7-11H2,1-2H3. The molecule has 0 aromatic heterocycles. The highest BCUT2D eigenvalue weighted by atomic mass is 16.5. The van der Waals surface area contributed by atoms with Gasteiger partial charge < -0.3 is 9.64 Å². The van der Waals surface area contributed by atoms with Gasteiger partial charge in [-0.15, -0.1) is 0 Å². The summed E-state index contributed by atoms with van der Waals surface area (Å²) < 4.78 is 6.05. The molecule has 1 aliphatic heterocycles. The third kappa shape index (κ3) is 3.98. The average Bonchev–Trinajstić information content (AvgIpc) is 2.47. The Hall–Kier alpha value is -1.53. The summed E-state index contributed by atoms with van der Waals surface area (Å²) in [5.74, 6) is 0.897. The smallest absolute Gasteiger partial charge is 0.120 e. The number of hydrogen-bond donors (Lipinski definition) is 0. The Morgan fingerprint density at radius 3 is 2.70 bits per heavy atom. The zero-order valence-corrected chi connectivity index (χ0v) is 12.6. The molecule has 1 aromatic rings. The topological polar surface area (TPSA) is 36.3 Å². The number of unbranched alkanes of at least 4 members (excludes halogenated alkanes) is 1. The molecular weight excluding hydrogens is 248 g/mol. The van der Waals surface area contributed by atoms with Gasteiger partial charge in [-0.1, -0.05) is 13.3 Å². The summed E-state index contributed by atoms with van der Waals surface area (Å²) in [5.41, 5.74) is 1.72. The molecule has 2 rings (SSSR count). The number of nitriles is 1. The highest BCUT2D eigenvalue weighted by Crippen LogP contribution is 2.21. The molecular formula is C17H24N2O. The van der Waals surface area contributed by atoms with Crippen molar-refractivity contribution in [1.29, 1.82) is 5.26 Å². The van der Waals surface area contributed by atoms with Crippen LogP contribution in [0.3, 0.4) is 0 Å². The summed E-state index contributed by atoms with van der Waals surface area (Å²) in [6, 6.07) is 7.92. The molecule has 1 heterocycles. The minimum Gasteiger partial charge on any atom is -0.490 e. The van der Waals surface area contributed by atoms with E-state index in [-0.39, 0.29) is 0 Å². The van der Waals surface area contributed by atoms with Gasteiger partial charge in [0.25, 0.3) is 0 Å². The first-order valence-electron chi connectivity index (χ1n) is 7.62. The zero-order chi connectivity index (χ0) is 14.4. The summed E-state index contributed by atoms with van der Waals surface area (Å²) in [6.45, 7) is 7.70. The molecule has 1 saturated heterocycles. The molecule has 0 atom stereocenters. The van der Waals surface area contributed by atoms with E-state index in [2.05, 4.69) is 17.9 Å². The summed E-state index contributed by atoms with van der Waals surface area (Å²) in [5, 5.41) is 8.93. The highest BCUT2D eigenvalue weighted by Gasteiger charge is 2.20. The predicted octanol–water partition coefficient (Wildman–Crippen LogP) is 3.51. The monoisotopic (exact) mass is 272 g/mol. The minimum atomic E-state index is 0.320. The van der Waals surface area contributed by atoms with Crippen molar-refractivity contribution in [2.24, 2.45) is 0 Å². The van der Waals surface area contributed by atoms with Crippen molar-refractivity contribution in [2.75, 3.05) is 19.6 Å². The lowest BCUT2D eigenvalue weighted by Gasteiger charge is -2.32. The van der Waals surface area contributed by atoms with Gasteiger partial charge in [-0.05, 0) is 56.5 Å². The fourth-order valence-electron chi connectivity index (χ4n) is 2.66. The van der Waals surface area contributed by atoms with Crippen molar-refractivity contribution in [1.82, 2.24) is 4.90 Å². The van der Waals surface area contributed by atoms with Gasteiger partial charge >= 0.3 is 0 Å². The van der Waals surface area contributed by atoms with E-state index in [0.29, 0.717) is 6.10 Å². The second-order valence-corrected chi connectivity index (χ2v) is 5.60. The minimum absolute atomic E-state index is 0.320. The van der Waals surface area contributed by atoms with Gasteiger partial charge in [-0.2, -0.15) is 5.26 Å². The second-order valence-electron chi connectivity index (χ2n) is 5.60. The number of piperidine rings is 1. The molecule has 0 bridgehead atoms. The molecule has 20 heavy (non-hydrogen) atoms. The lowest BCUT2D eigenvalue weighted by Crippen LogP contribution is -2.38. The first kappa shape index (κ1) is 14.9. The Morgan fingerprint density at radius 1 is 1.35 bits per heavy atom. The summed E-state index contributed by atoms with van der Waals surface area (Å²) in [4.78, 5) is 2.54. The predicted molar refractivity (Wildman–Crippen MR) is 80.9 cm³/mol. The number of aryl methyl sites for hydroxylation is 1. The van der Waals surface area contributed by atoms with Crippen molar-refractivity contribution in [3.63, 3.8) is 0 Å². The van der Waals surface area contributed by atoms with E-state index in [1.165, 1.54) is 19.4 Å². The van der Waals surface area contributed by atoms with Crippen LogP contribution in [0.1, 0.15) is 43.7 Å². The molecule has 3 nitrogen and oxygen atoms in total. The quantitative estimate of drug-likeness (QED) is 0.823. The van der Waals surface area contributed by atoms with Crippen LogP contribution < -0.4 is 4.74 Å². The van der Waals surface area contributed by atoms with Crippen molar-refractivity contribution >= 4 is 0 Å². The van der Waals surface area contributed by atoms with Crippen LogP contribution in [0.5, 0.6) is 5.75 Å². The number of rotatable bonds is 5. The Morgan fingerprint density at radius 2 is 2.10 bits per heavy atom. The molecule has 0 amide bonds. The zero-order valence-electron chi connectivity index (χ0n) is 12.6. The molecule has 1 aliphatic rings. The van der Waals surface area contributed by atoms with Gasteiger partial charge in [0.05, 0.1) is 11.6 Å². The molecule has 1 aromatic carbocycles. The third-order valence-corrected chi connectivity index (χ3v) is 3.98. The Labute approximate surface area is 122 Å². The highest BCUT2D eigenvalue weighted by molar-refractivity contribution is 5.41. The normalized spacial score (nSPS) is 16.9. The molecule has 1 fully saturated rings. The molecule has 108 valence electrons. The van der Waals surface area contributed by atoms with Crippen LogP contribution in [0.4, 0.5) is 0 Å². The second kappa shape index (κ2) is 7.31. The van der Waals surface area contributed by atoms with Crippen LogP contribution in [0.2, 0.25) is 0 Å². The molecule has 0 N–H and O–H groups in total. The first-order valence-corrected chi connectivity index (χ1v) is 7.62. The SMILES string of the molecule is CCCCN1CCC(Oc2ccc(C#N)c(C)c2)CC1. The van der Waals surface area contributed by atoms with Gasteiger partial charge in [-0.25, -0.2) is 0 Å². The largest absolute Gasteiger partial charge is 0.490 e. The van der Waals surface area contributed by atoms with Crippen LogP contribution in [0.15, 0.2) is 18.2 Å². The number of hydrogen-bond acceptors (Lipinski definition) is 3. The van der Waals surface area contributed by atoms with E-state index >= 15 is 0 Å². The van der Waals surface area contributed by atoms with E-state index in [1.54, 1.807) is 0 Å². The third-order valence-electron chi connectivity index (χ3n) is 3.98. The maximum atomic E-state index is 8.93. The summed E-state index contributed by atoms with van der Waals surface area (Å²) >= 11 is 0.